The lowest BCUT2D eigenvalue weighted by molar-refractivity contribution is -0.150. The molecule has 2 aromatic heterocycles. The monoisotopic (exact) mass is 771 g/mol. The third-order valence-electron chi connectivity index (χ3n) is 8.35. The molecule has 1 aliphatic heterocycles. The third kappa shape index (κ3) is 10.5. The number of phosphoric acid groups is 1. The van der Waals surface area contributed by atoms with Gasteiger partial charge in [-0.3, -0.25) is 14.1 Å². The van der Waals surface area contributed by atoms with Gasteiger partial charge in [0.25, 0.3) is 0 Å². The fourth-order valence-corrected chi connectivity index (χ4v) is 6.59. The van der Waals surface area contributed by atoms with Crippen molar-refractivity contribution in [3.8, 4) is 6.07 Å². The number of rotatable bonds is 18. The van der Waals surface area contributed by atoms with Crippen molar-refractivity contribution in [3.05, 3.63) is 24.2 Å². The number of carboxylic acids is 2. The van der Waals surface area contributed by atoms with Crippen LogP contribution in [0.5, 0.6) is 0 Å². The summed E-state index contributed by atoms with van der Waals surface area (Å²) >= 11 is 0. The Morgan fingerprint density at radius 2 is 1.49 bits per heavy atom. The molecule has 0 amide bonds. The molecule has 1 fully saturated rings. The van der Waals surface area contributed by atoms with Crippen molar-refractivity contribution >= 4 is 43.4 Å². The maximum atomic E-state index is 13.9. The summed E-state index contributed by atoms with van der Waals surface area (Å²) < 4.78 is 57.0. The summed E-state index contributed by atoms with van der Waals surface area (Å²) in [5.74, 6) is -4.39. The Balaban J connectivity index is 2.09. The molecule has 2 aromatic rings. The average Bonchev–Trinajstić information content (AvgIpc) is 3.59. The fraction of sp³-hybridized carbons (Fsp3) is 0.656. The zero-order valence-electron chi connectivity index (χ0n) is 30.7. The number of nitrogen functional groups attached to an aromatic ring is 1. The number of phosphoric ester groups is 1. The molecule has 3 rings (SSSR count). The second-order valence-electron chi connectivity index (χ2n) is 14.1. The van der Waals surface area contributed by atoms with Crippen molar-refractivity contribution in [2.24, 2.45) is 22.7 Å². The molecule has 21 heteroatoms. The van der Waals surface area contributed by atoms with Crippen molar-refractivity contribution in [3.63, 3.8) is 0 Å². The summed E-state index contributed by atoms with van der Waals surface area (Å²) in [6, 6.07) is 5.23. The Hall–Kier alpha value is -4.54. The predicted molar refractivity (Wildman–Crippen MR) is 179 cm³/mol. The van der Waals surface area contributed by atoms with Crippen molar-refractivity contribution < 1.29 is 71.2 Å². The van der Waals surface area contributed by atoms with Gasteiger partial charge in [-0.2, -0.15) is 10.4 Å². The van der Waals surface area contributed by atoms with E-state index in [1.54, 1.807) is 27.7 Å². The number of fused-ring (bicyclic) bond motifs is 1. The maximum absolute atomic E-state index is 13.9. The van der Waals surface area contributed by atoms with Gasteiger partial charge in [-0.15, -0.1) is 0 Å². The summed E-state index contributed by atoms with van der Waals surface area (Å²) in [4.78, 5) is 52.7. The van der Waals surface area contributed by atoms with E-state index in [1.165, 1.54) is 44.3 Å². The van der Waals surface area contributed by atoms with Gasteiger partial charge in [-0.05, 0) is 86.3 Å². The van der Waals surface area contributed by atoms with Crippen LogP contribution in [0, 0.1) is 34.0 Å². The molecule has 3 heterocycles. The second-order valence-corrected chi connectivity index (χ2v) is 15.7. The fourth-order valence-electron chi connectivity index (χ4n) is 5.67. The van der Waals surface area contributed by atoms with E-state index in [2.05, 4.69) is 16.2 Å². The van der Waals surface area contributed by atoms with Crippen LogP contribution in [-0.4, -0.2) is 87.6 Å². The van der Waals surface area contributed by atoms with Gasteiger partial charge < -0.3 is 39.6 Å². The minimum Gasteiger partial charge on any atom is -0.481 e. The van der Waals surface area contributed by atoms with Crippen molar-refractivity contribution in [2.45, 2.75) is 92.1 Å². The number of nitriles is 1. The van der Waals surface area contributed by atoms with Gasteiger partial charge in [0, 0.05) is 5.92 Å². The van der Waals surface area contributed by atoms with Crippen LogP contribution >= 0.6 is 7.82 Å². The molecule has 1 saturated heterocycles. The number of hydrogen-bond donors (Lipinski definition) is 3. The molecule has 4 N–H and O–H groups in total. The molecular formula is C32H46N5O15P. The first-order chi connectivity index (χ1) is 24.6. The number of anilines is 1. The Bertz CT molecular complexity index is 1710. The number of hydrogen-bond acceptors (Lipinski definition) is 17. The second kappa shape index (κ2) is 17.1. The van der Waals surface area contributed by atoms with Crippen LogP contribution in [0.25, 0.3) is 5.52 Å². The Kier molecular flexibility index (Phi) is 13.8. The normalized spacial score (nSPS) is 20.7. The number of carbonyl (C=O) groups is 4. The van der Waals surface area contributed by atoms with E-state index in [-0.39, 0.29) is 24.4 Å². The average molecular weight is 772 g/mol. The maximum Gasteiger partial charge on any atom is 0.510 e. The molecule has 0 spiro atoms. The SMILES string of the molecule is CC(C)OC(=O)OCOP(=O)(OCOC(=O)OC(C)C)OC[C@@H]1O[C@@](C#N)(c2ccc3c(N)ncnn23)[C@H](CC(C)(C)C(=O)O)[C@H]1CC(C)(C)C(=O)O. The van der Waals surface area contributed by atoms with Gasteiger partial charge in [0.2, 0.25) is 13.6 Å². The van der Waals surface area contributed by atoms with Crippen LogP contribution in [-0.2, 0) is 57.0 Å². The highest BCUT2D eigenvalue weighted by atomic mass is 31.2. The molecule has 53 heavy (non-hydrogen) atoms. The number of ether oxygens (including phenoxy) is 5. The number of aliphatic carboxylic acids is 2. The first kappa shape index (κ1) is 42.9. The first-order valence-electron chi connectivity index (χ1n) is 16.4. The molecular weight excluding hydrogens is 725 g/mol. The molecule has 4 atom stereocenters. The summed E-state index contributed by atoms with van der Waals surface area (Å²) in [7, 11) is -4.86. The number of nitrogens with zero attached hydrogens (tertiary/aromatic N) is 4. The summed E-state index contributed by atoms with van der Waals surface area (Å²) in [5, 5.41) is 35.5. The number of carbonyl (C=O) groups excluding carboxylic acids is 2. The van der Waals surface area contributed by atoms with E-state index in [1.807, 2.05) is 0 Å². The number of carboxylic acid groups (broad SMARTS) is 2. The van der Waals surface area contributed by atoms with E-state index in [0.29, 0.717) is 5.52 Å². The van der Waals surface area contributed by atoms with Crippen LogP contribution in [0.15, 0.2) is 18.5 Å². The summed E-state index contributed by atoms with van der Waals surface area (Å²) in [6.07, 6.45) is -4.04. The van der Waals surface area contributed by atoms with Crippen molar-refractivity contribution in [1.29, 1.82) is 5.26 Å². The Morgan fingerprint density at radius 3 is 1.98 bits per heavy atom. The highest BCUT2D eigenvalue weighted by molar-refractivity contribution is 7.48. The molecule has 294 valence electrons. The molecule has 0 radical (unpaired) electrons. The van der Waals surface area contributed by atoms with Gasteiger partial charge in [-0.1, -0.05) is 0 Å². The standard InChI is InChI=1S/C32H46N5O15P/c1-18(2)50-28(42)45-16-48-53(44,49-17-46-29(43)51-19(3)4)47-13-23-20(11-30(5,6)26(38)39)21(12-31(7,8)27(40)41)32(14-33,52-23)24-10-9-22-25(34)35-15-36-37(22)24/h9-10,15,18-21,23H,11-13,16-17H2,1-8H3,(H,38,39)(H,40,41)(H2,34,35,36)/t20-,21-,23+,32-/m1/s1. The molecule has 0 aliphatic carbocycles. The van der Waals surface area contributed by atoms with Crippen LogP contribution in [0.2, 0.25) is 0 Å². The van der Waals surface area contributed by atoms with E-state index in [4.69, 9.17) is 43.0 Å². The van der Waals surface area contributed by atoms with Crippen molar-refractivity contribution in [2.75, 3.05) is 25.9 Å². The zero-order chi connectivity index (χ0) is 39.9. The first-order valence-corrected chi connectivity index (χ1v) is 17.9. The number of aromatic nitrogens is 3. The summed E-state index contributed by atoms with van der Waals surface area (Å²) in [5.41, 5.74) is 1.52. The minimum absolute atomic E-state index is 0.0671. The van der Waals surface area contributed by atoms with E-state index in [0.717, 1.165) is 6.33 Å². The van der Waals surface area contributed by atoms with E-state index < -0.39 is 98.8 Å². The topological polar surface area (TPSA) is 280 Å². The summed E-state index contributed by atoms with van der Waals surface area (Å²) in [6.45, 7) is 9.24. The lowest BCUT2D eigenvalue weighted by atomic mass is 9.66. The molecule has 0 unspecified atom stereocenters. The van der Waals surface area contributed by atoms with Gasteiger partial charge in [0.1, 0.15) is 17.9 Å². The largest absolute Gasteiger partial charge is 0.510 e. The van der Waals surface area contributed by atoms with Crippen LogP contribution in [0.4, 0.5) is 15.4 Å². The third-order valence-corrected chi connectivity index (χ3v) is 9.66. The molecule has 0 bridgehead atoms. The van der Waals surface area contributed by atoms with E-state index >= 15 is 0 Å². The molecule has 0 aromatic carbocycles. The van der Waals surface area contributed by atoms with Crippen molar-refractivity contribution in [1.82, 2.24) is 14.6 Å². The Labute approximate surface area is 305 Å². The van der Waals surface area contributed by atoms with Gasteiger partial charge in [0.05, 0.1) is 41.4 Å². The Morgan fingerprint density at radius 1 is 0.962 bits per heavy atom. The van der Waals surface area contributed by atoms with Crippen LogP contribution in [0.3, 0.4) is 0 Å². The highest BCUT2D eigenvalue weighted by Crippen LogP contribution is 2.57. The molecule has 1 aliphatic rings. The smallest absolute Gasteiger partial charge is 0.481 e. The lowest BCUT2D eigenvalue weighted by Gasteiger charge is -2.35. The van der Waals surface area contributed by atoms with Gasteiger partial charge in [-0.25, -0.2) is 32.7 Å². The predicted octanol–water partition coefficient (Wildman–Crippen LogP) is 4.86. The molecule has 0 saturated carbocycles. The highest BCUT2D eigenvalue weighted by Gasteiger charge is 2.61. The minimum atomic E-state index is -4.86. The lowest BCUT2D eigenvalue weighted by Crippen LogP contribution is -2.41. The van der Waals surface area contributed by atoms with Crippen LogP contribution < -0.4 is 5.73 Å². The molecule has 20 nitrogen and oxygen atoms in total. The number of nitrogens with two attached hydrogens (primary N) is 1. The van der Waals surface area contributed by atoms with Crippen LogP contribution in [0.1, 0.15) is 73.9 Å². The van der Waals surface area contributed by atoms with Gasteiger partial charge in [0.15, 0.2) is 11.4 Å². The van der Waals surface area contributed by atoms with Gasteiger partial charge >= 0.3 is 32.1 Å². The van der Waals surface area contributed by atoms with E-state index in [9.17, 15) is 39.2 Å². The zero-order valence-corrected chi connectivity index (χ0v) is 31.6. The quantitative estimate of drug-likeness (QED) is 0.104.